The highest BCUT2D eigenvalue weighted by Gasteiger charge is 2.17. The number of carbonyl (C=O) groups is 1. The molecule has 1 saturated carbocycles. The Kier molecular flexibility index (Phi) is 3.86. The first-order valence-electron chi connectivity index (χ1n) is 7.73. The average molecular weight is 257 g/mol. The Morgan fingerprint density at radius 3 is 2.89 bits per heavy atom. The van der Waals surface area contributed by atoms with E-state index in [1.165, 1.54) is 43.4 Å². The lowest BCUT2D eigenvalue weighted by molar-refractivity contribution is 0.0970. The van der Waals surface area contributed by atoms with Gasteiger partial charge in [-0.1, -0.05) is 32.1 Å². The van der Waals surface area contributed by atoms with E-state index in [-0.39, 0.29) is 0 Å². The molecule has 1 aromatic rings. The van der Waals surface area contributed by atoms with E-state index in [2.05, 4.69) is 17.4 Å². The zero-order chi connectivity index (χ0) is 13.1. The molecule has 102 valence electrons. The highest BCUT2D eigenvalue weighted by atomic mass is 16.1. The van der Waals surface area contributed by atoms with Crippen molar-refractivity contribution in [3.05, 3.63) is 29.3 Å². The Labute approximate surface area is 115 Å². The second kappa shape index (κ2) is 5.77. The van der Waals surface area contributed by atoms with Gasteiger partial charge in [-0.3, -0.25) is 4.79 Å². The molecule has 2 nitrogen and oxygen atoms in total. The van der Waals surface area contributed by atoms with Crippen LogP contribution in [0.5, 0.6) is 0 Å². The molecule has 0 radical (unpaired) electrons. The molecule has 0 spiro atoms. The molecule has 0 bridgehead atoms. The van der Waals surface area contributed by atoms with Gasteiger partial charge in [0.2, 0.25) is 0 Å². The van der Waals surface area contributed by atoms with Crippen LogP contribution in [0, 0.1) is 5.92 Å². The molecule has 2 aliphatic rings. The number of hydrogen-bond acceptors (Lipinski definition) is 2. The van der Waals surface area contributed by atoms with Crippen LogP contribution in [0.3, 0.4) is 0 Å². The smallest absolute Gasteiger partial charge is 0.162 e. The zero-order valence-corrected chi connectivity index (χ0v) is 11.6. The third kappa shape index (κ3) is 2.99. The van der Waals surface area contributed by atoms with Gasteiger partial charge in [0.05, 0.1) is 0 Å². The van der Waals surface area contributed by atoms with Gasteiger partial charge in [0.15, 0.2) is 5.78 Å². The van der Waals surface area contributed by atoms with E-state index < -0.39 is 0 Å². The van der Waals surface area contributed by atoms with E-state index in [1.54, 1.807) is 0 Å². The van der Waals surface area contributed by atoms with E-state index >= 15 is 0 Å². The van der Waals surface area contributed by atoms with Crippen LogP contribution in [0.1, 0.15) is 60.9 Å². The lowest BCUT2D eigenvalue weighted by atomic mass is 9.85. The Balaban J connectivity index is 1.57. The highest BCUT2D eigenvalue weighted by molar-refractivity contribution is 5.96. The minimum absolute atomic E-state index is 0.334. The van der Waals surface area contributed by atoms with Gasteiger partial charge >= 0.3 is 0 Å². The number of rotatable bonds is 4. The van der Waals surface area contributed by atoms with Crippen molar-refractivity contribution in [3.63, 3.8) is 0 Å². The molecule has 1 aromatic carbocycles. The summed E-state index contributed by atoms with van der Waals surface area (Å²) >= 11 is 0. The molecule has 1 fully saturated rings. The predicted octanol–water partition coefficient (Wildman–Crippen LogP) is 4.20. The van der Waals surface area contributed by atoms with Crippen molar-refractivity contribution in [1.82, 2.24) is 0 Å². The van der Waals surface area contributed by atoms with Gasteiger partial charge in [0.1, 0.15) is 0 Å². The fraction of sp³-hybridized carbons (Fsp3) is 0.588. The summed E-state index contributed by atoms with van der Waals surface area (Å²) in [7, 11) is 0. The van der Waals surface area contributed by atoms with Gasteiger partial charge in [-0.25, -0.2) is 0 Å². The zero-order valence-electron chi connectivity index (χ0n) is 11.6. The summed E-state index contributed by atoms with van der Waals surface area (Å²) in [6, 6.07) is 6.15. The number of ketones is 1. The highest BCUT2D eigenvalue weighted by Crippen LogP contribution is 2.28. The normalized spacial score (nSPS) is 18.9. The number of anilines is 1. The third-order valence-electron chi connectivity index (χ3n) is 4.64. The van der Waals surface area contributed by atoms with Gasteiger partial charge < -0.3 is 5.32 Å². The van der Waals surface area contributed by atoms with E-state index in [9.17, 15) is 4.79 Å². The summed E-state index contributed by atoms with van der Waals surface area (Å²) < 4.78 is 0. The lowest BCUT2D eigenvalue weighted by Crippen LogP contribution is -2.09. The number of carbonyl (C=O) groups excluding carboxylic acids is 1. The standard InChI is InChI=1S/C17H23NO/c19-17(9-6-13-4-2-1-3-5-13)15-7-8-16-14(12-15)10-11-18-16/h7-8,12-13,18H,1-6,9-11H2. The average Bonchev–Trinajstić information content (AvgIpc) is 2.93. The van der Waals surface area contributed by atoms with Crippen LogP contribution >= 0.6 is 0 Å². The van der Waals surface area contributed by atoms with Crippen molar-refractivity contribution in [3.8, 4) is 0 Å². The van der Waals surface area contributed by atoms with Crippen LogP contribution in [0.25, 0.3) is 0 Å². The van der Waals surface area contributed by atoms with Crippen LogP contribution < -0.4 is 5.32 Å². The summed E-state index contributed by atoms with van der Waals surface area (Å²) in [5, 5.41) is 3.34. The summed E-state index contributed by atoms with van der Waals surface area (Å²) in [5.41, 5.74) is 3.44. The summed E-state index contributed by atoms with van der Waals surface area (Å²) in [6.07, 6.45) is 9.67. The molecule has 19 heavy (non-hydrogen) atoms. The van der Waals surface area contributed by atoms with Crippen LogP contribution in [0.15, 0.2) is 18.2 Å². The first-order chi connectivity index (χ1) is 9.33. The van der Waals surface area contributed by atoms with Gasteiger partial charge in [0, 0.05) is 24.2 Å². The SMILES string of the molecule is O=C(CCC1CCCCC1)c1ccc2c(c1)CCN2. The fourth-order valence-electron chi connectivity index (χ4n) is 3.43. The largest absolute Gasteiger partial charge is 0.384 e. The summed E-state index contributed by atoms with van der Waals surface area (Å²) in [4.78, 5) is 12.3. The van der Waals surface area contributed by atoms with Crippen molar-refractivity contribution in [2.24, 2.45) is 5.92 Å². The molecule has 1 heterocycles. The number of hydrogen-bond donors (Lipinski definition) is 1. The topological polar surface area (TPSA) is 29.1 Å². The maximum atomic E-state index is 12.3. The molecule has 1 N–H and O–H groups in total. The van der Waals surface area contributed by atoms with Crippen LogP contribution in [-0.2, 0) is 6.42 Å². The van der Waals surface area contributed by atoms with Crippen molar-refractivity contribution < 1.29 is 4.79 Å². The molecule has 0 amide bonds. The second-order valence-corrected chi connectivity index (χ2v) is 6.01. The summed E-state index contributed by atoms with van der Waals surface area (Å²) in [6.45, 7) is 1.01. The molecule has 3 rings (SSSR count). The number of nitrogens with one attached hydrogen (secondary N) is 1. The Morgan fingerprint density at radius 2 is 2.05 bits per heavy atom. The van der Waals surface area contributed by atoms with E-state index in [1.807, 2.05) is 6.07 Å². The minimum atomic E-state index is 0.334. The van der Waals surface area contributed by atoms with E-state index in [0.717, 1.165) is 37.3 Å². The van der Waals surface area contributed by atoms with Crippen LogP contribution in [-0.4, -0.2) is 12.3 Å². The molecule has 1 aliphatic carbocycles. The van der Waals surface area contributed by atoms with Gasteiger partial charge in [0.25, 0.3) is 0 Å². The molecule has 0 atom stereocenters. The number of fused-ring (bicyclic) bond motifs is 1. The van der Waals surface area contributed by atoms with Crippen LogP contribution in [0.4, 0.5) is 5.69 Å². The molecule has 1 aliphatic heterocycles. The Bertz CT molecular complexity index is 460. The van der Waals surface area contributed by atoms with E-state index in [0.29, 0.717) is 5.78 Å². The second-order valence-electron chi connectivity index (χ2n) is 6.01. The van der Waals surface area contributed by atoms with Crippen molar-refractivity contribution in [2.75, 3.05) is 11.9 Å². The minimum Gasteiger partial charge on any atom is -0.384 e. The van der Waals surface area contributed by atoms with Crippen molar-refractivity contribution in [1.29, 1.82) is 0 Å². The molecule has 0 saturated heterocycles. The van der Waals surface area contributed by atoms with Crippen molar-refractivity contribution >= 4 is 11.5 Å². The molecular weight excluding hydrogens is 234 g/mol. The molecule has 0 unspecified atom stereocenters. The quantitative estimate of drug-likeness (QED) is 0.819. The van der Waals surface area contributed by atoms with Crippen LogP contribution in [0.2, 0.25) is 0 Å². The first kappa shape index (κ1) is 12.7. The fourth-order valence-corrected chi connectivity index (χ4v) is 3.43. The maximum Gasteiger partial charge on any atom is 0.162 e. The number of Topliss-reactive ketones (excluding diaryl/α,β-unsaturated/α-hetero) is 1. The molecule has 0 aromatic heterocycles. The summed E-state index contributed by atoms with van der Waals surface area (Å²) in [5.74, 6) is 1.13. The Hall–Kier alpha value is -1.31. The van der Waals surface area contributed by atoms with E-state index in [4.69, 9.17) is 0 Å². The molecular formula is C17H23NO. The van der Waals surface area contributed by atoms with Gasteiger partial charge in [-0.2, -0.15) is 0 Å². The van der Waals surface area contributed by atoms with Gasteiger partial charge in [-0.15, -0.1) is 0 Å². The maximum absolute atomic E-state index is 12.3. The first-order valence-corrected chi connectivity index (χ1v) is 7.73. The monoisotopic (exact) mass is 257 g/mol. The lowest BCUT2D eigenvalue weighted by Gasteiger charge is -2.20. The third-order valence-corrected chi connectivity index (χ3v) is 4.64. The number of benzene rings is 1. The van der Waals surface area contributed by atoms with Crippen molar-refractivity contribution in [2.45, 2.75) is 51.4 Å². The predicted molar refractivity (Wildman–Crippen MR) is 78.8 cm³/mol. The Morgan fingerprint density at radius 1 is 1.21 bits per heavy atom. The van der Waals surface area contributed by atoms with Gasteiger partial charge in [-0.05, 0) is 42.5 Å². The molecule has 2 heteroatoms.